The zero-order valence-electron chi connectivity index (χ0n) is 26.7. The van der Waals surface area contributed by atoms with E-state index >= 15 is 0 Å². The molecule has 2 heterocycles. The van der Waals surface area contributed by atoms with Crippen LogP contribution in [0.25, 0.3) is 5.69 Å². The van der Waals surface area contributed by atoms with Gasteiger partial charge in [0, 0.05) is 42.9 Å². The molecule has 0 aliphatic carbocycles. The summed E-state index contributed by atoms with van der Waals surface area (Å²) in [5.41, 5.74) is 0.991. The van der Waals surface area contributed by atoms with Crippen LogP contribution in [0.4, 0.5) is 5.69 Å². The van der Waals surface area contributed by atoms with Crippen LogP contribution in [-0.4, -0.2) is 58.9 Å². The third-order valence-corrected chi connectivity index (χ3v) is 8.45. The standard InChI is InChI=1S/C37H39N3O7/c1-26(10-7-16-34(42)38(20-21-41)24-27-11-5-4-6-12-27)37(45)31-23-30(46-2)17-18-32(31)40(36(37)44)25-28-13-8-14-29(22-28)39-19-9-15-33(47-3)35(39)43/h4-15,17-19,22-23,26,41,45H,16,20-21,24-25H2,1-3H3/b10-7+/t26-,37+/m1/s1. The summed E-state index contributed by atoms with van der Waals surface area (Å²) < 4.78 is 12.1. The molecular formula is C37H39N3O7. The van der Waals surface area contributed by atoms with E-state index in [1.165, 1.54) is 23.7 Å². The minimum Gasteiger partial charge on any atom is -0.497 e. The highest BCUT2D eigenvalue weighted by molar-refractivity contribution is 6.07. The maximum absolute atomic E-state index is 14.1. The summed E-state index contributed by atoms with van der Waals surface area (Å²) >= 11 is 0. The molecule has 1 aliphatic rings. The van der Waals surface area contributed by atoms with Crippen molar-refractivity contribution in [2.24, 2.45) is 5.92 Å². The summed E-state index contributed by atoms with van der Waals surface area (Å²) in [5.74, 6) is -0.709. The number of anilines is 1. The maximum Gasteiger partial charge on any atom is 0.297 e. The zero-order chi connectivity index (χ0) is 33.6. The largest absolute Gasteiger partial charge is 0.497 e. The first-order valence-electron chi connectivity index (χ1n) is 15.4. The lowest BCUT2D eigenvalue weighted by Gasteiger charge is -2.28. The molecule has 2 atom stereocenters. The molecule has 0 spiro atoms. The molecule has 0 unspecified atom stereocenters. The molecule has 0 radical (unpaired) electrons. The number of carbonyl (C=O) groups excluding carboxylic acids is 2. The predicted molar refractivity (Wildman–Crippen MR) is 179 cm³/mol. The molecule has 5 rings (SSSR count). The summed E-state index contributed by atoms with van der Waals surface area (Å²) in [5, 5.41) is 21.7. The van der Waals surface area contributed by atoms with Crippen LogP contribution in [-0.2, 0) is 28.3 Å². The Hall–Kier alpha value is -5.19. The number of benzene rings is 3. The van der Waals surface area contributed by atoms with Crippen LogP contribution in [0.1, 0.15) is 30.0 Å². The average Bonchev–Trinajstić information content (AvgIpc) is 3.30. The number of fused-ring (bicyclic) bond motifs is 1. The Morgan fingerprint density at radius 1 is 0.957 bits per heavy atom. The molecule has 1 aliphatic heterocycles. The van der Waals surface area contributed by atoms with Crippen LogP contribution >= 0.6 is 0 Å². The molecule has 0 saturated carbocycles. The molecule has 1 aromatic heterocycles. The van der Waals surface area contributed by atoms with Crippen LogP contribution in [0.5, 0.6) is 11.5 Å². The van der Waals surface area contributed by atoms with Crippen molar-refractivity contribution >= 4 is 17.5 Å². The van der Waals surface area contributed by atoms with E-state index in [1.807, 2.05) is 42.5 Å². The monoisotopic (exact) mass is 637 g/mol. The molecule has 10 nitrogen and oxygen atoms in total. The second-order valence-corrected chi connectivity index (χ2v) is 11.4. The van der Waals surface area contributed by atoms with Crippen molar-refractivity contribution in [2.75, 3.05) is 32.3 Å². The Morgan fingerprint density at radius 2 is 1.72 bits per heavy atom. The van der Waals surface area contributed by atoms with Crippen LogP contribution in [0.15, 0.2) is 108 Å². The molecule has 2 N–H and O–H groups in total. The Labute approximate surface area is 273 Å². The summed E-state index contributed by atoms with van der Waals surface area (Å²) in [7, 11) is 2.96. The number of nitrogens with zero attached hydrogens (tertiary/aromatic N) is 3. The number of methoxy groups -OCH3 is 2. The van der Waals surface area contributed by atoms with Gasteiger partial charge in [0.05, 0.1) is 33.1 Å². The second-order valence-electron chi connectivity index (χ2n) is 11.4. The van der Waals surface area contributed by atoms with Gasteiger partial charge in [-0.2, -0.15) is 0 Å². The van der Waals surface area contributed by atoms with Crippen LogP contribution in [0.3, 0.4) is 0 Å². The van der Waals surface area contributed by atoms with Gasteiger partial charge >= 0.3 is 0 Å². The van der Waals surface area contributed by atoms with E-state index in [-0.39, 0.29) is 43.3 Å². The number of hydrogen-bond acceptors (Lipinski definition) is 7. The van der Waals surface area contributed by atoms with Crippen molar-refractivity contribution in [3.05, 3.63) is 130 Å². The molecule has 47 heavy (non-hydrogen) atoms. The van der Waals surface area contributed by atoms with E-state index in [2.05, 4.69) is 0 Å². The molecule has 0 saturated heterocycles. The number of amides is 2. The van der Waals surface area contributed by atoms with E-state index in [4.69, 9.17) is 9.47 Å². The van der Waals surface area contributed by atoms with Gasteiger partial charge in [0.15, 0.2) is 11.4 Å². The van der Waals surface area contributed by atoms with Gasteiger partial charge in [-0.3, -0.25) is 19.0 Å². The molecule has 0 bridgehead atoms. The van der Waals surface area contributed by atoms with E-state index in [0.29, 0.717) is 29.2 Å². The van der Waals surface area contributed by atoms with E-state index in [1.54, 1.807) is 72.6 Å². The van der Waals surface area contributed by atoms with Crippen molar-refractivity contribution in [1.29, 1.82) is 0 Å². The third-order valence-electron chi connectivity index (χ3n) is 8.45. The molecule has 3 aromatic carbocycles. The molecule has 4 aromatic rings. The highest BCUT2D eigenvalue weighted by atomic mass is 16.5. The molecule has 2 amide bonds. The van der Waals surface area contributed by atoms with Gasteiger partial charge in [-0.25, -0.2) is 0 Å². The Bertz CT molecular complexity index is 1820. The summed E-state index contributed by atoms with van der Waals surface area (Å²) in [6, 6.07) is 25.3. The lowest BCUT2D eigenvalue weighted by molar-refractivity contribution is -0.139. The number of aromatic nitrogens is 1. The first-order valence-corrected chi connectivity index (χ1v) is 15.4. The van der Waals surface area contributed by atoms with Gasteiger partial charge in [-0.15, -0.1) is 0 Å². The van der Waals surface area contributed by atoms with Gasteiger partial charge < -0.3 is 29.5 Å². The predicted octanol–water partition coefficient (Wildman–Crippen LogP) is 4.19. The van der Waals surface area contributed by atoms with Gasteiger partial charge in [0.1, 0.15) is 5.75 Å². The average molecular weight is 638 g/mol. The SMILES string of the molecule is COc1ccc2c(c1)[C@@](O)([C@H](C)/C=C/CC(=O)N(CCO)Cc1ccccc1)C(=O)N2Cc1cccc(-n2cccc(OC)c2=O)c1. The van der Waals surface area contributed by atoms with Crippen molar-refractivity contribution < 1.29 is 29.3 Å². The Balaban J connectivity index is 1.39. The number of ether oxygens (including phenoxy) is 2. The molecule has 244 valence electrons. The second kappa shape index (κ2) is 14.5. The number of carbonyl (C=O) groups is 2. The van der Waals surface area contributed by atoms with E-state index in [9.17, 15) is 24.6 Å². The van der Waals surface area contributed by atoms with E-state index < -0.39 is 17.4 Å². The molecule has 10 heteroatoms. The van der Waals surface area contributed by atoms with Crippen LogP contribution in [0.2, 0.25) is 0 Å². The molecular weight excluding hydrogens is 598 g/mol. The quantitative estimate of drug-likeness (QED) is 0.211. The first-order chi connectivity index (χ1) is 22.7. The van der Waals surface area contributed by atoms with Crippen molar-refractivity contribution in [3.8, 4) is 17.2 Å². The van der Waals surface area contributed by atoms with E-state index in [0.717, 1.165) is 11.1 Å². The Morgan fingerprint density at radius 3 is 2.45 bits per heavy atom. The highest BCUT2D eigenvalue weighted by Crippen LogP contribution is 2.47. The van der Waals surface area contributed by atoms with Crippen molar-refractivity contribution in [3.63, 3.8) is 0 Å². The lowest BCUT2D eigenvalue weighted by Crippen LogP contribution is -2.44. The number of aliphatic hydroxyl groups excluding tert-OH is 1. The van der Waals surface area contributed by atoms with Gasteiger partial charge in [0.25, 0.3) is 11.5 Å². The summed E-state index contributed by atoms with van der Waals surface area (Å²) in [6.07, 6.45) is 5.02. The first kappa shape index (κ1) is 33.2. The summed E-state index contributed by atoms with van der Waals surface area (Å²) in [4.78, 5) is 43.2. The normalized spacial score (nSPS) is 16.3. The number of aliphatic hydroxyl groups is 2. The van der Waals surface area contributed by atoms with Gasteiger partial charge in [-0.05, 0) is 53.6 Å². The van der Waals surface area contributed by atoms with Crippen molar-refractivity contribution in [1.82, 2.24) is 9.47 Å². The number of rotatable bonds is 13. The third kappa shape index (κ3) is 6.84. The van der Waals surface area contributed by atoms with Crippen LogP contribution in [0, 0.1) is 5.92 Å². The minimum absolute atomic E-state index is 0.0343. The van der Waals surface area contributed by atoms with Gasteiger partial charge in [-0.1, -0.05) is 61.5 Å². The number of hydrogen-bond donors (Lipinski definition) is 2. The zero-order valence-corrected chi connectivity index (χ0v) is 26.7. The maximum atomic E-state index is 14.1. The topological polar surface area (TPSA) is 122 Å². The fourth-order valence-electron chi connectivity index (χ4n) is 5.89. The fraction of sp³-hybridized carbons (Fsp3) is 0.270. The van der Waals surface area contributed by atoms with Crippen molar-refractivity contribution in [2.45, 2.75) is 32.0 Å². The van der Waals surface area contributed by atoms with Crippen LogP contribution < -0.4 is 19.9 Å². The smallest absolute Gasteiger partial charge is 0.297 e. The lowest BCUT2D eigenvalue weighted by atomic mass is 9.83. The van der Waals surface area contributed by atoms with Gasteiger partial charge in [0.2, 0.25) is 5.91 Å². The fourth-order valence-corrected chi connectivity index (χ4v) is 5.89. The summed E-state index contributed by atoms with van der Waals surface area (Å²) in [6.45, 7) is 2.26. The minimum atomic E-state index is -1.93. The number of pyridine rings is 1. The highest BCUT2D eigenvalue weighted by Gasteiger charge is 2.52. The Kier molecular flexibility index (Phi) is 10.2. The molecule has 0 fully saturated rings.